The predicted octanol–water partition coefficient (Wildman–Crippen LogP) is 9.95. The lowest BCUT2D eigenvalue weighted by Crippen LogP contribution is -2.51. The van der Waals surface area contributed by atoms with Crippen LogP contribution < -0.4 is 20.1 Å². The third kappa shape index (κ3) is 9.70. The number of aromatic nitrogens is 5. The number of carbonyl (C=O) groups excluding carboxylic acids is 3. The van der Waals surface area contributed by atoms with Crippen molar-refractivity contribution in [3.63, 3.8) is 0 Å². The summed E-state index contributed by atoms with van der Waals surface area (Å²) >= 11 is 0. The zero-order valence-electron chi connectivity index (χ0n) is 41.2. The number of nitrogens with zero attached hydrogens (tertiary/aromatic N) is 4. The van der Waals surface area contributed by atoms with Crippen molar-refractivity contribution < 1.29 is 38.4 Å². The number of H-pyrrole nitrogens is 2. The number of hydrogen-bond donors (Lipinski definition) is 5. The molecule has 0 radical (unpaired) electrons. The van der Waals surface area contributed by atoms with Gasteiger partial charge in [0.25, 0.3) is 0 Å². The highest BCUT2D eigenvalue weighted by atomic mass is 16.5. The summed E-state index contributed by atoms with van der Waals surface area (Å²) in [7, 11) is 4.32. The molecule has 2 fully saturated rings. The van der Waals surface area contributed by atoms with Crippen LogP contribution in [-0.4, -0.2) is 98.7 Å². The molecular formula is C54H66N8O8. The monoisotopic (exact) mass is 955 g/mol. The molecule has 1 saturated carbocycles. The second-order valence-electron chi connectivity index (χ2n) is 19.8. The van der Waals surface area contributed by atoms with Gasteiger partial charge in [0, 0.05) is 40.1 Å². The van der Waals surface area contributed by atoms with Crippen LogP contribution in [0.3, 0.4) is 0 Å². The first-order valence-electron chi connectivity index (χ1n) is 24.7. The van der Waals surface area contributed by atoms with Crippen LogP contribution in [0, 0.1) is 17.8 Å². The van der Waals surface area contributed by atoms with Gasteiger partial charge in [-0.05, 0) is 98.2 Å². The van der Waals surface area contributed by atoms with Crippen LogP contribution >= 0.6 is 0 Å². The van der Waals surface area contributed by atoms with Crippen molar-refractivity contribution >= 4 is 29.0 Å². The number of aliphatic hydroxyl groups is 1. The zero-order valence-corrected chi connectivity index (χ0v) is 41.2. The zero-order chi connectivity index (χ0) is 49.2. The third-order valence-electron chi connectivity index (χ3n) is 14.7. The van der Waals surface area contributed by atoms with Gasteiger partial charge in [-0.1, -0.05) is 64.8 Å². The molecule has 6 aromatic rings. The minimum Gasteiger partial charge on any atom is -0.497 e. The van der Waals surface area contributed by atoms with Crippen molar-refractivity contribution in [3.05, 3.63) is 84.7 Å². The van der Waals surface area contributed by atoms with Gasteiger partial charge in [0.2, 0.25) is 5.91 Å². The molecular weight excluding hydrogens is 889 g/mol. The molecule has 70 heavy (non-hydrogen) atoms. The highest BCUT2D eigenvalue weighted by molar-refractivity contribution is 6.07. The molecule has 6 unspecified atom stereocenters. The molecule has 3 amide bonds. The molecule has 6 atom stereocenters. The van der Waals surface area contributed by atoms with E-state index in [1.807, 2.05) is 57.1 Å². The van der Waals surface area contributed by atoms with Crippen molar-refractivity contribution in [2.75, 3.05) is 27.9 Å². The molecule has 5 N–H and O–H groups in total. The van der Waals surface area contributed by atoms with E-state index in [1.54, 1.807) is 7.11 Å². The van der Waals surface area contributed by atoms with Crippen molar-refractivity contribution in [1.82, 2.24) is 40.0 Å². The number of rotatable bonds is 15. The summed E-state index contributed by atoms with van der Waals surface area (Å²) < 4.78 is 24.2. The fourth-order valence-electron chi connectivity index (χ4n) is 11.0. The first kappa shape index (κ1) is 48.2. The summed E-state index contributed by atoms with van der Waals surface area (Å²) in [6, 6.07) is 19.6. The van der Waals surface area contributed by atoms with E-state index in [4.69, 9.17) is 28.9 Å². The number of alkyl carbamates (subject to hydrolysis) is 2. The smallest absolute Gasteiger partial charge is 0.407 e. The SMILES string of the molecule is COC(=O)NC(C(=O)N1CCCC1c1ncc(-c2ccc3c(c2)OCn2c-3c(-c3cccc(OC)c3)c3cc(-c4cnc(C5CCCC(CCC(O)C(NC(=O)OC)C(C)C)C5)[nH]4)ccc32)[nH]1)C(C)C. The van der Waals surface area contributed by atoms with Gasteiger partial charge in [0.05, 0.1) is 74.5 Å². The van der Waals surface area contributed by atoms with Crippen LogP contribution in [0.5, 0.6) is 11.5 Å². The van der Waals surface area contributed by atoms with Crippen LogP contribution in [0.1, 0.15) is 103 Å². The number of nitrogens with one attached hydrogen (secondary N) is 4. The highest BCUT2D eigenvalue weighted by Crippen LogP contribution is 2.49. The van der Waals surface area contributed by atoms with E-state index < -0.39 is 24.3 Å². The van der Waals surface area contributed by atoms with Crippen LogP contribution in [0.2, 0.25) is 0 Å². The summed E-state index contributed by atoms with van der Waals surface area (Å²) in [5.74, 6) is 3.71. The van der Waals surface area contributed by atoms with E-state index in [9.17, 15) is 19.5 Å². The van der Waals surface area contributed by atoms with Crippen molar-refractivity contribution in [2.24, 2.45) is 17.8 Å². The maximum atomic E-state index is 13.8. The predicted molar refractivity (Wildman–Crippen MR) is 267 cm³/mol. The van der Waals surface area contributed by atoms with E-state index in [2.05, 4.69) is 73.7 Å². The molecule has 5 heterocycles. The summed E-state index contributed by atoms with van der Waals surface area (Å²) in [5.41, 5.74) is 8.83. The molecule has 3 aromatic heterocycles. The topological polar surface area (TPSA) is 198 Å². The maximum absolute atomic E-state index is 13.8. The number of aromatic amines is 2. The van der Waals surface area contributed by atoms with Crippen molar-refractivity contribution in [3.8, 4) is 56.4 Å². The Kier molecular flexibility index (Phi) is 14.2. The van der Waals surface area contributed by atoms with Crippen LogP contribution in [-0.2, 0) is 21.0 Å². The van der Waals surface area contributed by atoms with E-state index >= 15 is 0 Å². The number of methoxy groups -OCH3 is 3. The van der Waals surface area contributed by atoms with Gasteiger partial charge < -0.3 is 54.1 Å². The number of hydrogen-bond acceptors (Lipinski definition) is 10. The molecule has 370 valence electrons. The Morgan fingerprint density at radius 1 is 0.829 bits per heavy atom. The van der Waals surface area contributed by atoms with E-state index in [1.165, 1.54) is 14.2 Å². The number of imidazole rings is 2. The molecule has 9 rings (SSSR count). The van der Waals surface area contributed by atoms with Crippen LogP contribution in [0.15, 0.2) is 73.1 Å². The Bertz CT molecular complexity index is 2850. The van der Waals surface area contributed by atoms with E-state index in [0.717, 1.165) is 118 Å². The second kappa shape index (κ2) is 20.6. The molecule has 0 spiro atoms. The number of amides is 3. The third-order valence-corrected chi connectivity index (χ3v) is 14.7. The fourth-order valence-corrected chi connectivity index (χ4v) is 11.0. The lowest BCUT2D eigenvalue weighted by Gasteiger charge is -2.31. The molecule has 0 bridgehead atoms. The van der Waals surface area contributed by atoms with Crippen LogP contribution in [0.25, 0.3) is 55.8 Å². The summed E-state index contributed by atoms with van der Waals surface area (Å²) in [5, 5.41) is 17.7. The first-order valence-corrected chi connectivity index (χ1v) is 24.7. The number of fused-ring (bicyclic) bond motifs is 5. The average molecular weight is 955 g/mol. The maximum Gasteiger partial charge on any atom is 0.407 e. The Hall–Kier alpha value is -6.81. The lowest BCUT2D eigenvalue weighted by molar-refractivity contribution is -0.135. The number of ether oxygens (including phenoxy) is 4. The number of benzene rings is 3. The van der Waals surface area contributed by atoms with Crippen molar-refractivity contribution in [1.29, 1.82) is 0 Å². The van der Waals surface area contributed by atoms with Gasteiger partial charge >= 0.3 is 12.2 Å². The molecule has 16 nitrogen and oxygen atoms in total. The Morgan fingerprint density at radius 2 is 1.56 bits per heavy atom. The number of carbonyl (C=O) groups is 3. The average Bonchev–Trinajstić information content (AvgIpc) is 4.22. The Balaban J connectivity index is 0.978. The quantitative estimate of drug-likeness (QED) is 0.0660. The van der Waals surface area contributed by atoms with Crippen LogP contribution in [0.4, 0.5) is 9.59 Å². The van der Waals surface area contributed by atoms with Gasteiger partial charge in [0.1, 0.15) is 29.2 Å². The molecule has 3 aromatic carbocycles. The first-order chi connectivity index (χ1) is 33.8. The van der Waals surface area contributed by atoms with Gasteiger partial charge in [-0.25, -0.2) is 19.6 Å². The lowest BCUT2D eigenvalue weighted by atomic mass is 9.78. The highest BCUT2D eigenvalue weighted by Gasteiger charge is 2.38. The normalized spacial score (nSPS) is 19.0. The minimum atomic E-state index is -0.716. The standard InChI is InChI=1S/C54H66N8O8/c1-30(2)47(59-53(65)68-6)44(63)21-16-32-11-8-13-36(23-32)50-55-27-40(57-50)33-18-20-42-39(25-33)46(35-12-9-14-37(24-35)67-5)49-38-19-17-34(26-45(38)70-29-62(42)49)41-28-56-51(58-41)43-15-10-22-61(43)52(64)48(31(3)4)60-54(66)69-7/h9,12,14,17-20,24-28,30-32,36,43-44,47-48,63H,8,10-11,13,15-16,21-23,29H2,1-7H3,(H,55,57)(H,56,58)(H,59,65)(H,60,66). The molecule has 2 aliphatic heterocycles. The molecule has 16 heteroatoms. The summed E-state index contributed by atoms with van der Waals surface area (Å²) in [6.07, 6.45) is 9.25. The Labute approximate surface area is 408 Å². The molecule has 1 aliphatic carbocycles. The van der Waals surface area contributed by atoms with E-state index in [-0.39, 0.29) is 35.7 Å². The van der Waals surface area contributed by atoms with Gasteiger partial charge in [0.15, 0.2) is 6.73 Å². The number of aliphatic hydroxyl groups excluding tert-OH is 1. The van der Waals surface area contributed by atoms with Crippen molar-refractivity contribution in [2.45, 2.75) is 116 Å². The second-order valence-corrected chi connectivity index (χ2v) is 19.8. The number of likely N-dealkylation sites (tertiary alicyclic amines) is 1. The molecule has 3 aliphatic rings. The minimum absolute atomic E-state index is 0.0687. The fraction of sp³-hybridized carbons (Fsp3) is 0.463. The molecule has 1 saturated heterocycles. The van der Waals surface area contributed by atoms with Gasteiger partial charge in [-0.15, -0.1) is 0 Å². The summed E-state index contributed by atoms with van der Waals surface area (Å²) in [6.45, 7) is 8.68. The Morgan fingerprint density at radius 3 is 2.30 bits per heavy atom. The van der Waals surface area contributed by atoms with E-state index in [0.29, 0.717) is 31.4 Å². The van der Waals surface area contributed by atoms with Gasteiger partial charge in [-0.3, -0.25) is 4.79 Å². The van der Waals surface area contributed by atoms with Gasteiger partial charge in [-0.2, -0.15) is 0 Å². The largest absolute Gasteiger partial charge is 0.497 e. The summed E-state index contributed by atoms with van der Waals surface area (Å²) in [4.78, 5) is 56.7.